The molecule has 0 bridgehead atoms. The minimum Gasteiger partial charge on any atom is -0.333 e. The molecule has 0 radical (unpaired) electrons. The maximum absolute atomic E-state index is 13.3. The fourth-order valence-electron chi connectivity index (χ4n) is 3.90. The molecule has 0 atom stereocenters. The van der Waals surface area contributed by atoms with Gasteiger partial charge in [0, 0.05) is 42.2 Å². The Morgan fingerprint density at radius 2 is 2.06 bits per heavy atom. The van der Waals surface area contributed by atoms with Gasteiger partial charge < -0.3 is 14.8 Å². The number of amides is 2. The fraction of sp³-hybridized carbons (Fsp3) is 0.409. The van der Waals surface area contributed by atoms with Crippen molar-refractivity contribution in [3.8, 4) is 0 Å². The van der Waals surface area contributed by atoms with Crippen molar-refractivity contribution in [1.29, 1.82) is 0 Å². The zero-order chi connectivity index (χ0) is 21.7. The summed E-state index contributed by atoms with van der Waals surface area (Å²) in [5, 5.41) is 3.94. The van der Waals surface area contributed by atoms with E-state index >= 15 is 0 Å². The highest BCUT2D eigenvalue weighted by Crippen LogP contribution is 2.33. The topological polar surface area (TPSA) is 97.2 Å². The Morgan fingerprint density at radius 3 is 2.81 bits per heavy atom. The third kappa shape index (κ3) is 3.63. The minimum atomic E-state index is -0.287. The van der Waals surface area contributed by atoms with Crippen LogP contribution in [0.3, 0.4) is 0 Å². The van der Waals surface area contributed by atoms with Crippen molar-refractivity contribution >= 4 is 39.3 Å². The Balaban J connectivity index is 1.42. The van der Waals surface area contributed by atoms with E-state index in [2.05, 4.69) is 15.3 Å². The van der Waals surface area contributed by atoms with Crippen LogP contribution in [0.2, 0.25) is 0 Å². The van der Waals surface area contributed by atoms with Gasteiger partial charge in [-0.2, -0.15) is 0 Å². The molecule has 0 aromatic carbocycles. The quantitative estimate of drug-likeness (QED) is 0.677. The maximum atomic E-state index is 13.3. The normalized spacial score (nSPS) is 15.7. The number of rotatable bonds is 4. The number of anilines is 1. The summed E-state index contributed by atoms with van der Waals surface area (Å²) >= 11 is 1.41. The van der Waals surface area contributed by atoms with Crippen LogP contribution in [0.15, 0.2) is 23.1 Å². The van der Waals surface area contributed by atoms with E-state index in [1.54, 1.807) is 23.2 Å². The van der Waals surface area contributed by atoms with Gasteiger partial charge in [-0.1, -0.05) is 11.3 Å². The van der Waals surface area contributed by atoms with Crippen LogP contribution < -0.4 is 10.7 Å². The van der Waals surface area contributed by atoms with Crippen LogP contribution >= 0.6 is 11.3 Å². The molecule has 2 aliphatic rings. The van der Waals surface area contributed by atoms with E-state index in [0.29, 0.717) is 42.2 Å². The molecule has 31 heavy (non-hydrogen) atoms. The standard InChI is InChI=1S/C22H23N5O3S/c1-3-26-10-15(18(28)14-7-4-12(2)23-19(14)26)21(30)27-9-8-16-17(11-27)31-22(24-16)25-20(29)13-5-6-13/h4,7,10,13H,3,5-6,8-9,11H2,1-2H3,(H,24,25,29). The zero-order valence-electron chi connectivity index (χ0n) is 17.5. The minimum absolute atomic E-state index is 0.0270. The highest BCUT2D eigenvalue weighted by molar-refractivity contribution is 7.15. The van der Waals surface area contributed by atoms with Gasteiger partial charge in [0.2, 0.25) is 11.3 Å². The summed E-state index contributed by atoms with van der Waals surface area (Å²) in [6.07, 6.45) is 4.11. The van der Waals surface area contributed by atoms with E-state index in [-0.39, 0.29) is 28.7 Å². The Bertz CT molecular complexity index is 1270. The van der Waals surface area contributed by atoms with Crippen LogP contribution in [0.4, 0.5) is 5.13 Å². The van der Waals surface area contributed by atoms with Crippen LogP contribution in [0.1, 0.15) is 46.4 Å². The first-order valence-electron chi connectivity index (χ1n) is 10.5. The summed E-state index contributed by atoms with van der Waals surface area (Å²) in [5.74, 6) is -0.137. The second-order valence-electron chi connectivity index (χ2n) is 8.11. The second-order valence-corrected chi connectivity index (χ2v) is 9.19. The molecular formula is C22H23N5O3S. The Hall–Kier alpha value is -3.07. The number of hydrogen-bond donors (Lipinski definition) is 1. The van der Waals surface area contributed by atoms with Crippen LogP contribution in [-0.4, -0.2) is 37.8 Å². The number of pyridine rings is 2. The predicted octanol–water partition coefficient (Wildman–Crippen LogP) is 2.73. The van der Waals surface area contributed by atoms with E-state index in [1.165, 1.54) is 11.3 Å². The molecule has 5 rings (SSSR count). The summed E-state index contributed by atoms with van der Waals surface area (Å²) in [5.41, 5.74) is 2.22. The van der Waals surface area contributed by atoms with Crippen molar-refractivity contribution in [2.24, 2.45) is 5.92 Å². The van der Waals surface area contributed by atoms with E-state index in [9.17, 15) is 14.4 Å². The summed E-state index contributed by atoms with van der Waals surface area (Å²) < 4.78 is 1.85. The molecule has 1 N–H and O–H groups in total. The van der Waals surface area contributed by atoms with Gasteiger partial charge in [0.25, 0.3) is 5.91 Å². The van der Waals surface area contributed by atoms with Gasteiger partial charge in [0.1, 0.15) is 11.2 Å². The molecule has 0 saturated heterocycles. The van der Waals surface area contributed by atoms with Crippen LogP contribution in [0.5, 0.6) is 0 Å². The molecule has 4 heterocycles. The molecule has 8 nitrogen and oxygen atoms in total. The lowest BCUT2D eigenvalue weighted by molar-refractivity contribution is -0.117. The molecule has 0 unspecified atom stereocenters. The number of carbonyl (C=O) groups excluding carboxylic acids is 2. The van der Waals surface area contributed by atoms with Gasteiger partial charge in [-0.05, 0) is 38.8 Å². The van der Waals surface area contributed by atoms with Gasteiger partial charge >= 0.3 is 0 Å². The maximum Gasteiger partial charge on any atom is 0.259 e. The predicted molar refractivity (Wildman–Crippen MR) is 118 cm³/mol. The second kappa shape index (κ2) is 7.56. The number of hydrogen-bond acceptors (Lipinski definition) is 6. The van der Waals surface area contributed by atoms with Crippen molar-refractivity contribution in [2.75, 3.05) is 11.9 Å². The molecular weight excluding hydrogens is 414 g/mol. The Kier molecular flexibility index (Phi) is 4.85. The first kappa shape index (κ1) is 19.9. The molecule has 9 heteroatoms. The highest BCUT2D eigenvalue weighted by Gasteiger charge is 2.31. The number of carbonyl (C=O) groups is 2. The third-order valence-corrected chi connectivity index (χ3v) is 6.83. The number of nitrogens with one attached hydrogen (secondary N) is 1. The molecule has 3 aromatic heterocycles. The molecule has 160 valence electrons. The average Bonchev–Trinajstić information content (AvgIpc) is 3.53. The Labute approximate surface area is 182 Å². The first-order chi connectivity index (χ1) is 14.9. The van der Waals surface area contributed by atoms with Crippen molar-refractivity contribution in [2.45, 2.75) is 46.2 Å². The van der Waals surface area contributed by atoms with Crippen molar-refractivity contribution in [1.82, 2.24) is 19.4 Å². The van der Waals surface area contributed by atoms with E-state index in [4.69, 9.17) is 0 Å². The number of aryl methyl sites for hydroxylation is 2. The molecule has 3 aromatic rings. The highest BCUT2D eigenvalue weighted by atomic mass is 32.1. The summed E-state index contributed by atoms with van der Waals surface area (Å²) in [4.78, 5) is 50.1. The van der Waals surface area contributed by atoms with E-state index in [1.807, 2.05) is 18.4 Å². The smallest absolute Gasteiger partial charge is 0.259 e. The third-order valence-electron chi connectivity index (χ3n) is 5.83. The summed E-state index contributed by atoms with van der Waals surface area (Å²) in [7, 11) is 0. The van der Waals surface area contributed by atoms with Crippen LogP contribution in [-0.2, 0) is 24.3 Å². The van der Waals surface area contributed by atoms with Gasteiger partial charge in [-0.25, -0.2) is 9.97 Å². The molecule has 1 fully saturated rings. The molecule has 0 spiro atoms. The lowest BCUT2D eigenvalue weighted by Crippen LogP contribution is -2.38. The van der Waals surface area contributed by atoms with Crippen molar-refractivity contribution < 1.29 is 9.59 Å². The SMILES string of the molecule is CCn1cc(C(=O)N2CCc3nc(NC(=O)C4CC4)sc3C2)c(=O)c2ccc(C)nc21. The lowest BCUT2D eigenvalue weighted by Gasteiger charge is -2.26. The number of aromatic nitrogens is 3. The monoisotopic (exact) mass is 437 g/mol. The van der Waals surface area contributed by atoms with Gasteiger partial charge in [0.15, 0.2) is 5.13 Å². The summed E-state index contributed by atoms with van der Waals surface area (Å²) in [6, 6.07) is 3.54. The summed E-state index contributed by atoms with van der Waals surface area (Å²) in [6.45, 7) is 5.33. The first-order valence-corrected chi connectivity index (χ1v) is 11.4. The molecule has 1 aliphatic carbocycles. The van der Waals surface area contributed by atoms with E-state index < -0.39 is 0 Å². The van der Waals surface area contributed by atoms with Crippen molar-refractivity contribution in [3.63, 3.8) is 0 Å². The molecule has 1 aliphatic heterocycles. The average molecular weight is 438 g/mol. The lowest BCUT2D eigenvalue weighted by atomic mass is 10.1. The number of fused-ring (bicyclic) bond motifs is 2. The van der Waals surface area contributed by atoms with Crippen LogP contribution in [0, 0.1) is 12.8 Å². The van der Waals surface area contributed by atoms with Gasteiger partial charge in [-0.15, -0.1) is 0 Å². The number of nitrogens with zero attached hydrogens (tertiary/aromatic N) is 4. The van der Waals surface area contributed by atoms with Crippen LogP contribution in [0.25, 0.3) is 11.0 Å². The van der Waals surface area contributed by atoms with Crippen molar-refractivity contribution in [3.05, 3.63) is 50.4 Å². The molecule has 2 amide bonds. The Morgan fingerprint density at radius 1 is 1.26 bits per heavy atom. The van der Waals surface area contributed by atoms with E-state index in [0.717, 1.165) is 29.1 Å². The zero-order valence-corrected chi connectivity index (χ0v) is 18.3. The number of thiazole rings is 1. The largest absolute Gasteiger partial charge is 0.333 e. The molecule has 1 saturated carbocycles. The fourth-order valence-corrected chi connectivity index (χ4v) is 4.93. The van der Waals surface area contributed by atoms with Gasteiger partial charge in [0.05, 0.1) is 17.6 Å². The van der Waals surface area contributed by atoms with Gasteiger partial charge in [-0.3, -0.25) is 14.4 Å².